The standard InChI is InChI=1S/C21H22F3N3O3/c1-2-12-26-17-5-3-4-6-18(17)27(20(26)29)13-11-19(28)25-14-15-7-9-16(10-8-15)30-21(22,23)24/h3-10H,2,11-14H2,1H3,(H,25,28). The number of carbonyl (C=O) groups is 1. The Morgan fingerprint density at radius 1 is 1.00 bits per heavy atom. The van der Waals surface area contributed by atoms with E-state index in [-0.39, 0.29) is 36.9 Å². The molecule has 0 aliphatic heterocycles. The molecule has 1 N–H and O–H groups in total. The average molecular weight is 421 g/mol. The van der Waals surface area contributed by atoms with Crippen LogP contribution >= 0.6 is 0 Å². The number of amides is 1. The summed E-state index contributed by atoms with van der Waals surface area (Å²) in [7, 11) is 0. The number of rotatable bonds is 8. The molecule has 0 fully saturated rings. The topological polar surface area (TPSA) is 65.3 Å². The maximum absolute atomic E-state index is 12.7. The summed E-state index contributed by atoms with van der Waals surface area (Å²) < 4.78 is 43.7. The number of imidazole rings is 1. The van der Waals surface area contributed by atoms with Crippen molar-refractivity contribution >= 4 is 16.9 Å². The monoisotopic (exact) mass is 421 g/mol. The first-order valence-corrected chi connectivity index (χ1v) is 9.58. The number of benzene rings is 2. The van der Waals surface area contributed by atoms with Crippen LogP contribution in [0.3, 0.4) is 0 Å². The molecule has 0 spiro atoms. The fraction of sp³-hybridized carbons (Fsp3) is 0.333. The molecule has 0 aliphatic rings. The van der Waals surface area contributed by atoms with Gasteiger partial charge in [0.15, 0.2) is 0 Å². The van der Waals surface area contributed by atoms with E-state index in [1.54, 1.807) is 9.13 Å². The summed E-state index contributed by atoms with van der Waals surface area (Å²) >= 11 is 0. The molecule has 3 rings (SSSR count). The number of nitrogens with one attached hydrogen (secondary N) is 1. The van der Waals surface area contributed by atoms with E-state index in [1.807, 2.05) is 31.2 Å². The van der Waals surface area contributed by atoms with Crippen LogP contribution in [0.1, 0.15) is 25.3 Å². The summed E-state index contributed by atoms with van der Waals surface area (Å²) in [4.78, 5) is 24.9. The number of halogens is 3. The third-order valence-corrected chi connectivity index (χ3v) is 4.58. The first kappa shape index (κ1) is 21.5. The number of fused-ring (bicyclic) bond motifs is 1. The number of ether oxygens (including phenoxy) is 1. The molecule has 9 heteroatoms. The van der Waals surface area contributed by atoms with Crippen molar-refractivity contribution in [2.45, 2.75) is 45.8 Å². The molecule has 0 radical (unpaired) electrons. The lowest BCUT2D eigenvalue weighted by Gasteiger charge is -2.10. The minimum atomic E-state index is -4.74. The highest BCUT2D eigenvalue weighted by Crippen LogP contribution is 2.22. The van der Waals surface area contributed by atoms with Gasteiger partial charge in [0.05, 0.1) is 11.0 Å². The lowest BCUT2D eigenvalue weighted by atomic mass is 10.2. The quantitative estimate of drug-likeness (QED) is 0.602. The van der Waals surface area contributed by atoms with Gasteiger partial charge in [-0.3, -0.25) is 13.9 Å². The number of hydrogen-bond acceptors (Lipinski definition) is 3. The van der Waals surface area contributed by atoms with Crippen LogP contribution in [0, 0.1) is 0 Å². The second-order valence-corrected chi connectivity index (χ2v) is 6.79. The van der Waals surface area contributed by atoms with Gasteiger partial charge in [-0.2, -0.15) is 0 Å². The number of aromatic nitrogens is 2. The molecule has 2 aromatic carbocycles. The Labute approximate surface area is 170 Å². The zero-order valence-electron chi connectivity index (χ0n) is 16.4. The summed E-state index contributed by atoms with van der Waals surface area (Å²) in [6.07, 6.45) is -3.81. The van der Waals surface area contributed by atoms with E-state index in [9.17, 15) is 22.8 Å². The molecular formula is C21H22F3N3O3. The van der Waals surface area contributed by atoms with Crippen molar-refractivity contribution in [3.8, 4) is 5.75 Å². The Balaban J connectivity index is 1.59. The van der Waals surface area contributed by atoms with E-state index in [1.165, 1.54) is 24.3 Å². The van der Waals surface area contributed by atoms with Crippen molar-refractivity contribution in [2.24, 2.45) is 0 Å². The van der Waals surface area contributed by atoms with Crippen LogP contribution in [0.15, 0.2) is 53.3 Å². The number of para-hydroxylation sites is 2. The highest BCUT2D eigenvalue weighted by atomic mass is 19.4. The summed E-state index contributed by atoms with van der Waals surface area (Å²) in [5.41, 5.74) is 2.11. The SMILES string of the molecule is CCCn1c(=O)n(CCC(=O)NCc2ccc(OC(F)(F)F)cc2)c2ccccc21. The third kappa shape index (κ3) is 5.22. The highest BCUT2D eigenvalue weighted by molar-refractivity contribution is 5.78. The molecule has 30 heavy (non-hydrogen) atoms. The minimum absolute atomic E-state index is 0.106. The maximum Gasteiger partial charge on any atom is 0.573 e. The zero-order chi connectivity index (χ0) is 21.7. The number of carbonyl (C=O) groups excluding carboxylic acids is 1. The molecule has 160 valence electrons. The van der Waals surface area contributed by atoms with Crippen molar-refractivity contribution in [1.29, 1.82) is 0 Å². The van der Waals surface area contributed by atoms with Gasteiger partial charge >= 0.3 is 12.1 Å². The number of hydrogen-bond donors (Lipinski definition) is 1. The van der Waals surface area contributed by atoms with Crippen LogP contribution in [-0.2, 0) is 24.4 Å². The largest absolute Gasteiger partial charge is 0.573 e. The van der Waals surface area contributed by atoms with Gasteiger partial charge < -0.3 is 10.1 Å². The van der Waals surface area contributed by atoms with Crippen LogP contribution in [0.5, 0.6) is 5.75 Å². The Morgan fingerprint density at radius 2 is 1.60 bits per heavy atom. The lowest BCUT2D eigenvalue weighted by molar-refractivity contribution is -0.274. The summed E-state index contributed by atoms with van der Waals surface area (Å²) in [5, 5.41) is 2.71. The number of nitrogens with zero attached hydrogens (tertiary/aromatic N) is 2. The fourth-order valence-electron chi connectivity index (χ4n) is 3.24. The molecule has 1 heterocycles. The summed E-state index contributed by atoms with van der Waals surface area (Å²) in [6.45, 7) is 3.00. The molecular weight excluding hydrogens is 399 g/mol. The van der Waals surface area contributed by atoms with Gasteiger partial charge in [-0.1, -0.05) is 31.2 Å². The van der Waals surface area contributed by atoms with Gasteiger partial charge in [0.1, 0.15) is 5.75 Å². The Hall–Kier alpha value is -3.23. The summed E-state index contributed by atoms with van der Waals surface area (Å²) in [6, 6.07) is 12.7. The van der Waals surface area contributed by atoms with Crippen LogP contribution in [0.4, 0.5) is 13.2 Å². The van der Waals surface area contributed by atoms with E-state index in [2.05, 4.69) is 10.1 Å². The van der Waals surface area contributed by atoms with Crippen LogP contribution in [0.25, 0.3) is 11.0 Å². The van der Waals surface area contributed by atoms with Crippen molar-refractivity contribution in [3.63, 3.8) is 0 Å². The molecule has 0 bridgehead atoms. The van der Waals surface area contributed by atoms with E-state index in [0.29, 0.717) is 12.1 Å². The predicted octanol–water partition coefficient (Wildman–Crippen LogP) is 3.82. The predicted molar refractivity (Wildman–Crippen MR) is 106 cm³/mol. The van der Waals surface area contributed by atoms with E-state index >= 15 is 0 Å². The van der Waals surface area contributed by atoms with Gasteiger partial charge in [0.2, 0.25) is 5.91 Å². The van der Waals surface area contributed by atoms with E-state index < -0.39 is 6.36 Å². The normalized spacial score (nSPS) is 11.6. The molecule has 1 aromatic heterocycles. The number of aryl methyl sites for hydroxylation is 2. The molecule has 0 unspecified atom stereocenters. The Bertz CT molecular complexity index is 1070. The molecule has 0 atom stereocenters. The van der Waals surface area contributed by atoms with Gasteiger partial charge in [0, 0.05) is 26.1 Å². The number of alkyl halides is 3. The molecule has 0 aliphatic carbocycles. The molecule has 6 nitrogen and oxygen atoms in total. The Kier molecular flexibility index (Phi) is 6.49. The Morgan fingerprint density at radius 3 is 2.17 bits per heavy atom. The first-order chi connectivity index (χ1) is 14.3. The van der Waals surface area contributed by atoms with Gasteiger partial charge in [-0.05, 0) is 36.2 Å². The fourth-order valence-corrected chi connectivity index (χ4v) is 3.24. The van der Waals surface area contributed by atoms with Crippen molar-refractivity contribution in [3.05, 3.63) is 64.6 Å². The van der Waals surface area contributed by atoms with Crippen LogP contribution < -0.4 is 15.7 Å². The van der Waals surface area contributed by atoms with E-state index in [4.69, 9.17) is 0 Å². The highest BCUT2D eigenvalue weighted by Gasteiger charge is 2.30. The first-order valence-electron chi connectivity index (χ1n) is 9.58. The van der Waals surface area contributed by atoms with Gasteiger partial charge in [-0.15, -0.1) is 13.2 Å². The van der Waals surface area contributed by atoms with Crippen molar-refractivity contribution < 1.29 is 22.7 Å². The molecule has 0 saturated carbocycles. The van der Waals surface area contributed by atoms with Crippen LogP contribution in [-0.4, -0.2) is 21.4 Å². The lowest BCUT2D eigenvalue weighted by Crippen LogP contribution is -2.28. The second kappa shape index (κ2) is 9.06. The van der Waals surface area contributed by atoms with E-state index in [0.717, 1.165) is 17.5 Å². The van der Waals surface area contributed by atoms with Crippen molar-refractivity contribution in [1.82, 2.24) is 14.5 Å². The summed E-state index contributed by atoms with van der Waals surface area (Å²) in [5.74, 6) is -0.578. The second-order valence-electron chi connectivity index (χ2n) is 6.79. The third-order valence-electron chi connectivity index (χ3n) is 4.58. The van der Waals surface area contributed by atoms with Gasteiger partial charge in [0.25, 0.3) is 0 Å². The molecule has 3 aromatic rings. The molecule has 0 saturated heterocycles. The van der Waals surface area contributed by atoms with Crippen molar-refractivity contribution in [2.75, 3.05) is 0 Å². The zero-order valence-corrected chi connectivity index (χ0v) is 16.4. The maximum atomic E-state index is 12.7. The smallest absolute Gasteiger partial charge is 0.406 e. The van der Waals surface area contributed by atoms with Gasteiger partial charge in [-0.25, -0.2) is 4.79 Å². The minimum Gasteiger partial charge on any atom is -0.406 e. The average Bonchev–Trinajstić information content (AvgIpc) is 2.96. The molecule has 1 amide bonds. The van der Waals surface area contributed by atoms with Crippen LogP contribution in [0.2, 0.25) is 0 Å².